The molecule has 1 aliphatic heterocycles. The molecule has 116 valence electrons. The zero-order valence-corrected chi connectivity index (χ0v) is 13.5. The fraction of sp³-hybridized carbons (Fsp3) is 0.300. The Kier molecular flexibility index (Phi) is 5.65. The number of hydrogen-bond acceptors (Lipinski definition) is 2. The van der Waals surface area contributed by atoms with Crippen molar-refractivity contribution in [1.29, 1.82) is 0 Å². The molecule has 2 heteroatoms. The SMILES string of the molecule is CC.CCCC1Oc2cc(O)ccc2C=C1c1ccccc1. The minimum absolute atomic E-state index is 0.0525. The highest BCUT2D eigenvalue weighted by atomic mass is 16.5. The van der Waals surface area contributed by atoms with Gasteiger partial charge in [0, 0.05) is 17.2 Å². The lowest BCUT2D eigenvalue weighted by atomic mass is 9.93. The summed E-state index contributed by atoms with van der Waals surface area (Å²) in [5.41, 5.74) is 3.43. The number of aromatic hydroxyl groups is 1. The molecule has 1 N–H and O–H groups in total. The molecular formula is C20H24O2. The number of phenols is 1. The second-order valence-corrected chi connectivity index (χ2v) is 5.08. The molecule has 0 radical (unpaired) electrons. The minimum atomic E-state index is 0.0525. The Morgan fingerprint density at radius 3 is 2.45 bits per heavy atom. The van der Waals surface area contributed by atoms with Gasteiger partial charge >= 0.3 is 0 Å². The van der Waals surface area contributed by atoms with E-state index in [1.165, 1.54) is 11.1 Å². The predicted octanol–water partition coefficient (Wildman–Crippen LogP) is 5.52. The maximum Gasteiger partial charge on any atom is 0.131 e. The van der Waals surface area contributed by atoms with E-state index in [0.717, 1.165) is 24.2 Å². The van der Waals surface area contributed by atoms with Gasteiger partial charge in [-0.25, -0.2) is 0 Å². The molecule has 1 unspecified atom stereocenters. The summed E-state index contributed by atoms with van der Waals surface area (Å²) < 4.78 is 6.09. The Balaban J connectivity index is 0.000000847. The van der Waals surface area contributed by atoms with E-state index in [1.54, 1.807) is 12.1 Å². The highest BCUT2D eigenvalue weighted by Crippen LogP contribution is 2.37. The van der Waals surface area contributed by atoms with Gasteiger partial charge in [0.2, 0.25) is 0 Å². The van der Waals surface area contributed by atoms with E-state index in [2.05, 4.69) is 25.1 Å². The summed E-state index contributed by atoms with van der Waals surface area (Å²) in [6, 6.07) is 15.6. The molecule has 1 aliphatic rings. The van der Waals surface area contributed by atoms with Crippen LogP contribution < -0.4 is 4.74 Å². The fourth-order valence-electron chi connectivity index (χ4n) is 2.60. The molecule has 2 nitrogen and oxygen atoms in total. The van der Waals surface area contributed by atoms with E-state index in [0.29, 0.717) is 0 Å². The van der Waals surface area contributed by atoms with Gasteiger partial charge < -0.3 is 9.84 Å². The average Bonchev–Trinajstić information content (AvgIpc) is 2.57. The van der Waals surface area contributed by atoms with Gasteiger partial charge in [0.15, 0.2) is 0 Å². The van der Waals surface area contributed by atoms with Gasteiger partial charge in [0.25, 0.3) is 0 Å². The zero-order valence-electron chi connectivity index (χ0n) is 13.5. The first kappa shape index (κ1) is 16.2. The molecular weight excluding hydrogens is 272 g/mol. The normalized spacial score (nSPS) is 15.8. The van der Waals surface area contributed by atoms with Crippen molar-refractivity contribution in [3.8, 4) is 11.5 Å². The van der Waals surface area contributed by atoms with Crippen LogP contribution in [-0.4, -0.2) is 11.2 Å². The first-order chi connectivity index (χ1) is 10.8. The van der Waals surface area contributed by atoms with Crippen LogP contribution in [0.1, 0.15) is 44.7 Å². The molecule has 1 atom stereocenters. The molecule has 0 spiro atoms. The second-order valence-electron chi connectivity index (χ2n) is 5.08. The molecule has 0 aromatic heterocycles. The van der Waals surface area contributed by atoms with Crippen LogP contribution in [0, 0.1) is 0 Å². The van der Waals surface area contributed by atoms with Crippen molar-refractivity contribution in [3.05, 3.63) is 59.7 Å². The molecule has 0 saturated carbocycles. The Labute approximate surface area is 133 Å². The van der Waals surface area contributed by atoms with Crippen molar-refractivity contribution in [2.24, 2.45) is 0 Å². The third kappa shape index (κ3) is 3.51. The summed E-state index contributed by atoms with van der Waals surface area (Å²) in [5, 5.41) is 9.59. The summed E-state index contributed by atoms with van der Waals surface area (Å²) in [5.74, 6) is 1.01. The van der Waals surface area contributed by atoms with E-state index in [9.17, 15) is 5.11 Å². The standard InChI is InChI=1S/C18H18O2.C2H6/c1-2-6-17-16(13-7-4-3-5-8-13)11-14-9-10-15(19)12-18(14)20-17;1-2/h3-5,7-12,17,19H,2,6H2,1H3;1-2H3. The van der Waals surface area contributed by atoms with Gasteiger partial charge in [-0.1, -0.05) is 57.5 Å². The predicted molar refractivity (Wildman–Crippen MR) is 93.1 cm³/mol. The van der Waals surface area contributed by atoms with Crippen LogP contribution >= 0.6 is 0 Å². The number of rotatable bonds is 3. The molecule has 0 amide bonds. The molecule has 0 bridgehead atoms. The van der Waals surface area contributed by atoms with Crippen molar-refractivity contribution in [3.63, 3.8) is 0 Å². The van der Waals surface area contributed by atoms with E-state index < -0.39 is 0 Å². The Bertz CT molecular complexity index is 629. The Morgan fingerprint density at radius 1 is 1.05 bits per heavy atom. The van der Waals surface area contributed by atoms with Crippen molar-refractivity contribution < 1.29 is 9.84 Å². The van der Waals surface area contributed by atoms with Gasteiger partial charge in [0.1, 0.15) is 17.6 Å². The van der Waals surface area contributed by atoms with Crippen LogP contribution in [0.15, 0.2) is 48.5 Å². The summed E-state index contributed by atoms with van der Waals surface area (Å²) in [6.07, 6.45) is 4.25. The van der Waals surface area contributed by atoms with Gasteiger partial charge in [0.05, 0.1) is 0 Å². The van der Waals surface area contributed by atoms with Crippen LogP contribution in [0.2, 0.25) is 0 Å². The van der Waals surface area contributed by atoms with Crippen LogP contribution in [0.5, 0.6) is 11.5 Å². The number of benzene rings is 2. The minimum Gasteiger partial charge on any atom is -0.508 e. The largest absolute Gasteiger partial charge is 0.508 e. The quantitative estimate of drug-likeness (QED) is 0.808. The summed E-state index contributed by atoms with van der Waals surface area (Å²) in [6.45, 7) is 6.16. The summed E-state index contributed by atoms with van der Waals surface area (Å²) in [7, 11) is 0. The maximum absolute atomic E-state index is 9.59. The lowest BCUT2D eigenvalue weighted by Gasteiger charge is -2.27. The highest BCUT2D eigenvalue weighted by molar-refractivity contribution is 5.87. The van der Waals surface area contributed by atoms with Crippen molar-refractivity contribution in [1.82, 2.24) is 0 Å². The monoisotopic (exact) mass is 296 g/mol. The fourth-order valence-corrected chi connectivity index (χ4v) is 2.60. The van der Waals surface area contributed by atoms with Crippen LogP contribution in [0.25, 0.3) is 11.6 Å². The van der Waals surface area contributed by atoms with Gasteiger partial charge in [-0.15, -0.1) is 0 Å². The first-order valence-corrected chi connectivity index (χ1v) is 8.04. The smallest absolute Gasteiger partial charge is 0.131 e. The highest BCUT2D eigenvalue weighted by Gasteiger charge is 2.23. The van der Waals surface area contributed by atoms with E-state index in [4.69, 9.17) is 4.74 Å². The van der Waals surface area contributed by atoms with Crippen molar-refractivity contribution in [2.75, 3.05) is 0 Å². The Hall–Kier alpha value is -2.22. The number of ether oxygens (including phenoxy) is 1. The summed E-state index contributed by atoms with van der Waals surface area (Å²) in [4.78, 5) is 0. The lowest BCUT2D eigenvalue weighted by molar-refractivity contribution is 0.242. The molecule has 3 rings (SSSR count). The van der Waals surface area contributed by atoms with E-state index >= 15 is 0 Å². The van der Waals surface area contributed by atoms with Crippen molar-refractivity contribution in [2.45, 2.75) is 39.7 Å². The third-order valence-electron chi connectivity index (χ3n) is 3.58. The van der Waals surface area contributed by atoms with E-state index in [-0.39, 0.29) is 11.9 Å². The molecule has 2 aromatic carbocycles. The lowest BCUT2D eigenvalue weighted by Crippen LogP contribution is -2.21. The summed E-state index contributed by atoms with van der Waals surface area (Å²) >= 11 is 0. The van der Waals surface area contributed by atoms with Crippen LogP contribution in [-0.2, 0) is 0 Å². The van der Waals surface area contributed by atoms with Crippen LogP contribution in [0.4, 0.5) is 0 Å². The number of fused-ring (bicyclic) bond motifs is 1. The zero-order chi connectivity index (χ0) is 15.9. The Morgan fingerprint density at radius 2 is 1.77 bits per heavy atom. The van der Waals surface area contributed by atoms with Gasteiger partial charge in [-0.3, -0.25) is 0 Å². The first-order valence-electron chi connectivity index (χ1n) is 8.04. The number of hydrogen-bond donors (Lipinski definition) is 1. The van der Waals surface area contributed by atoms with Gasteiger partial charge in [-0.2, -0.15) is 0 Å². The molecule has 0 aliphatic carbocycles. The molecule has 0 saturated heterocycles. The average molecular weight is 296 g/mol. The van der Waals surface area contributed by atoms with Gasteiger partial charge in [-0.05, 0) is 30.2 Å². The third-order valence-corrected chi connectivity index (χ3v) is 3.58. The molecule has 0 fully saturated rings. The maximum atomic E-state index is 9.59. The van der Waals surface area contributed by atoms with Crippen molar-refractivity contribution >= 4 is 11.6 Å². The number of phenolic OH excluding ortho intramolecular Hbond substituents is 1. The molecule has 1 heterocycles. The topological polar surface area (TPSA) is 29.5 Å². The second kappa shape index (κ2) is 7.69. The van der Waals surface area contributed by atoms with Crippen LogP contribution in [0.3, 0.4) is 0 Å². The molecule has 2 aromatic rings. The molecule has 22 heavy (non-hydrogen) atoms. The van der Waals surface area contributed by atoms with E-state index in [1.807, 2.05) is 38.1 Å².